The molecule has 0 atom stereocenters. The second-order valence-electron chi connectivity index (χ2n) is 4.93. The van der Waals surface area contributed by atoms with Crippen molar-refractivity contribution in [3.05, 3.63) is 69.0 Å². The van der Waals surface area contributed by atoms with Crippen LogP contribution in [0.1, 0.15) is 5.56 Å². The van der Waals surface area contributed by atoms with Crippen molar-refractivity contribution in [1.29, 1.82) is 0 Å². The molecule has 2 aromatic carbocycles. The van der Waals surface area contributed by atoms with Gasteiger partial charge in [-0.2, -0.15) is 0 Å². The van der Waals surface area contributed by atoms with Gasteiger partial charge in [0.2, 0.25) is 0 Å². The van der Waals surface area contributed by atoms with Gasteiger partial charge in [-0.15, -0.1) is 0 Å². The third kappa shape index (κ3) is 2.86. The molecule has 122 valence electrons. The van der Waals surface area contributed by atoms with Gasteiger partial charge in [-0.05, 0) is 30.3 Å². The van der Waals surface area contributed by atoms with Crippen LogP contribution in [0.15, 0.2) is 47.0 Å². The molecule has 0 aliphatic heterocycles. The molecule has 8 heteroatoms. The molecule has 24 heavy (non-hydrogen) atoms. The zero-order chi connectivity index (χ0) is 17.3. The first kappa shape index (κ1) is 16.1. The van der Waals surface area contributed by atoms with Crippen molar-refractivity contribution in [2.45, 2.75) is 6.61 Å². The summed E-state index contributed by atoms with van der Waals surface area (Å²) in [5, 5.41) is 24.5. The molecule has 0 unspecified atom stereocenters. The zero-order valence-electron chi connectivity index (χ0n) is 12.1. The molecule has 3 aromatic rings. The molecule has 0 bridgehead atoms. The molecule has 1 N–H and O–H groups in total. The first-order chi connectivity index (χ1) is 11.5. The van der Waals surface area contributed by atoms with E-state index in [-0.39, 0.29) is 22.0 Å². The second kappa shape index (κ2) is 6.38. The average Bonchev–Trinajstić information content (AvgIpc) is 3.00. The maximum absolute atomic E-state index is 13.5. The summed E-state index contributed by atoms with van der Waals surface area (Å²) in [6.45, 7) is -0.419. The van der Waals surface area contributed by atoms with Gasteiger partial charge in [0, 0.05) is 23.3 Å². The van der Waals surface area contributed by atoms with Crippen LogP contribution in [0.4, 0.5) is 10.1 Å². The largest absolute Gasteiger partial charge is 0.391 e. The lowest BCUT2D eigenvalue weighted by Gasteiger charge is -2.03. The Balaban J connectivity index is 2.10. The SMILES string of the molecule is O=[N+]([O-])c1ccc(-c2noc(-c3cc(F)ccc3Cl)c2CO)cc1. The highest BCUT2D eigenvalue weighted by Crippen LogP contribution is 2.36. The van der Waals surface area contributed by atoms with Crippen LogP contribution in [0.2, 0.25) is 5.02 Å². The Kier molecular flexibility index (Phi) is 4.28. The van der Waals surface area contributed by atoms with Crippen LogP contribution in [-0.2, 0) is 6.61 Å². The lowest BCUT2D eigenvalue weighted by molar-refractivity contribution is -0.384. The summed E-state index contributed by atoms with van der Waals surface area (Å²) >= 11 is 6.06. The number of rotatable bonds is 4. The van der Waals surface area contributed by atoms with Gasteiger partial charge in [0.1, 0.15) is 11.5 Å². The number of hydrogen-bond donors (Lipinski definition) is 1. The molecule has 0 amide bonds. The van der Waals surface area contributed by atoms with Crippen LogP contribution >= 0.6 is 11.6 Å². The fraction of sp³-hybridized carbons (Fsp3) is 0.0625. The second-order valence-corrected chi connectivity index (χ2v) is 5.33. The van der Waals surface area contributed by atoms with Gasteiger partial charge in [-0.3, -0.25) is 10.1 Å². The Bertz CT molecular complexity index is 909. The van der Waals surface area contributed by atoms with Gasteiger partial charge < -0.3 is 9.63 Å². The number of halogens is 2. The van der Waals surface area contributed by atoms with Crippen LogP contribution in [-0.4, -0.2) is 15.2 Å². The molecular formula is C16H10ClFN2O4. The molecule has 0 fully saturated rings. The van der Waals surface area contributed by atoms with Crippen LogP contribution in [0, 0.1) is 15.9 Å². The van der Waals surface area contributed by atoms with E-state index in [0.29, 0.717) is 16.8 Å². The third-order valence-electron chi connectivity index (χ3n) is 3.47. The van der Waals surface area contributed by atoms with Crippen LogP contribution in [0.25, 0.3) is 22.6 Å². The molecule has 0 aliphatic rings. The van der Waals surface area contributed by atoms with E-state index in [2.05, 4.69) is 5.16 Å². The lowest BCUT2D eigenvalue weighted by Crippen LogP contribution is -1.91. The minimum absolute atomic E-state index is 0.0683. The maximum atomic E-state index is 13.5. The average molecular weight is 349 g/mol. The highest BCUT2D eigenvalue weighted by atomic mass is 35.5. The van der Waals surface area contributed by atoms with Gasteiger partial charge in [-0.1, -0.05) is 16.8 Å². The summed E-state index contributed by atoms with van der Waals surface area (Å²) in [6.07, 6.45) is 0. The van der Waals surface area contributed by atoms with Gasteiger partial charge in [0.15, 0.2) is 5.76 Å². The standard InChI is InChI=1S/C16H10ClFN2O4/c17-14-6-3-10(18)7-12(14)16-13(8-21)15(19-24-16)9-1-4-11(5-2-9)20(22)23/h1-7,21H,8H2. The van der Waals surface area contributed by atoms with Crippen molar-refractivity contribution in [2.24, 2.45) is 0 Å². The Morgan fingerprint density at radius 2 is 1.96 bits per heavy atom. The molecule has 0 saturated heterocycles. The first-order valence-electron chi connectivity index (χ1n) is 6.81. The molecule has 0 aliphatic carbocycles. The number of non-ortho nitro benzene ring substituents is 1. The molecule has 0 radical (unpaired) electrons. The number of benzene rings is 2. The molecule has 1 aromatic heterocycles. The van der Waals surface area contributed by atoms with Gasteiger partial charge >= 0.3 is 0 Å². The minimum atomic E-state index is -0.516. The van der Waals surface area contributed by atoms with E-state index in [1.807, 2.05) is 0 Å². The monoisotopic (exact) mass is 348 g/mol. The third-order valence-corrected chi connectivity index (χ3v) is 3.80. The van der Waals surface area contributed by atoms with Gasteiger partial charge in [0.25, 0.3) is 5.69 Å². The molecular weight excluding hydrogens is 339 g/mol. The predicted molar refractivity (Wildman–Crippen MR) is 84.9 cm³/mol. The lowest BCUT2D eigenvalue weighted by atomic mass is 10.0. The summed E-state index contributed by atoms with van der Waals surface area (Å²) in [5.74, 6) is -0.359. The molecule has 0 saturated carbocycles. The first-order valence-corrected chi connectivity index (χ1v) is 7.18. The van der Waals surface area contributed by atoms with E-state index < -0.39 is 17.3 Å². The van der Waals surface area contributed by atoms with Crippen LogP contribution < -0.4 is 0 Å². The summed E-state index contributed by atoms with van der Waals surface area (Å²) in [5.41, 5.74) is 1.34. The van der Waals surface area contributed by atoms with Crippen molar-refractivity contribution in [3.63, 3.8) is 0 Å². The highest BCUT2D eigenvalue weighted by molar-refractivity contribution is 6.33. The highest BCUT2D eigenvalue weighted by Gasteiger charge is 2.21. The smallest absolute Gasteiger partial charge is 0.269 e. The molecule has 1 heterocycles. The summed E-state index contributed by atoms with van der Waals surface area (Å²) in [7, 11) is 0. The molecule has 6 nitrogen and oxygen atoms in total. The van der Waals surface area contributed by atoms with E-state index in [1.165, 1.54) is 42.5 Å². The maximum Gasteiger partial charge on any atom is 0.269 e. The van der Waals surface area contributed by atoms with Crippen molar-refractivity contribution >= 4 is 17.3 Å². The number of aliphatic hydroxyl groups is 1. The number of aromatic nitrogens is 1. The number of nitro benzene ring substituents is 1. The van der Waals surface area contributed by atoms with Gasteiger partial charge in [0.05, 0.1) is 22.1 Å². The Morgan fingerprint density at radius 3 is 2.58 bits per heavy atom. The Morgan fingerprint density at radius 1 is 1.25 bits per heavy atom. The fourth-order valence-corrected chi connectivity index (χ4v) is 2.51. The zero-order valence-corrected chi connectivity index (χ0v) is 12.8. The normalized spacial score (nSPS) is 10.8. The summed E-state index contributed by atoms with van der Waals surface area (Å²) in [4.78, 5) is 10.2. The van der Waals surface area contributed by atoms with Crippen molar-refractivity contribution in [1.82, 2.24) is 5.16 Å². The van der Waals surface area contributed by atoms with E-state index in [4.69, 9.17) is 16.1 Å². The summed E-state index contributed by atoms with van der Waals surface area (Å²) < 4.78 is 18.7. The van der Waals surface area contributed by atoms with Gasteiger partial charge in [-0.25, -0.2) is 4.39 Å². The van der Waals surface area contributed by atoms with Crippen molar-refractivity contribution < 1.29 is 18.9 Å². The van der Waals surface area contributed by atoms with E-state index in [9.17, 15) is 19.6 Å². The van der Waals surface area contributed by atoms with Crippen molar-refractivity contribution in [2.75, 3.05) is 0 Å². The number of hydrogen-bond acceptors (Lipinski definition) is 5. The van der Waals surface area contributed by atoms with Crippen molar-refractivity contribution in [3.8, 4) is 22.6 Å². The topological polar surface area (TPSA) is 89.4 Å². The molecule has 3 rings (SSSR count). The number of nitro groups is 1. The van der Waals surface area contributed by atoms with E-state index >= 15 is 0 Å². The van der Waals surface area contributed by atoms with E-state index in [1.54, 1.807) is 0 Å². The van der Waals surface area contributed by atoms with E-state index in [0.717, 1.165) is 0 Å². The Labute approximate surface area is 140 Å². The quantitative estimate of drug-likeness (QED) is 0.563. The predicted octanol–water partition coefficient (Wildman–Crippen LogP) is 4.20. The van der Waals surface area contributed by atoms with Crippen LogP contribution in [0.3, 0.4) is 0 Å². The van der Waals surface area contributed by atoms with Crippen LogP contribution in [0.5, 0.6) is 0 Å². The molecule has 0 spiro atoms. The minimum Gasteiger partial charge on any atom is -0.391 e. The summed E-state index contributed by atoms with van der Waals surface area (Å²) in [6, 6.07) is 9.39. The number of nitrogens with zero attached hydrogens (tertiary/aromatic N) is 2. The fourth-order valence-electron chi connectivity index (χ4n) is 2.31. The number of aliphatic hydroxyl groups excluding tert-OH is 1. The Hall–Kier alpha value is -2.77.